The van der Waals surface area contributed by atoms with E-state index >= 15 is 0 Å². The minimum atomic E-state index is -5.09. The van der Waals surface area contributed by atoms with Crippen molar-refractivity contribution in [1.82, 2.24) is 19.7 Å². The fourth-order valence-corrected chi connectivity index (χ4v) is 4.43. The maximum absolute atomic E-state index is 11.7. The Morgan fingerprint density at radius 1 is 1.24 bits per heavy atom. The second-order valence-electron chi connectivity index (χ2n) is 8.10. The number of halogens is 1. The molecule has 184 valence electrons. The standard InChI is InChI=1S/C17H25ClN5O9P/c18-16-21-13(20-8-2-1-3-8)9-4-19-23(14(9)22-16)15-12(27)11(26)10(32-15)5-31-17(6-24,7-25)33(28,29)30/h4,8,10-12,15,24-27H,1-3,5-7H2,(H,20,21,22)(H2,28,29,30)/t10-,11-,12-,15-/m1/s1. The molecule has 0 radical (unpaired) electrons. The lowest BCUT2D eigenvalue weighted by atomic mass is 9.93. The Hall–Kier alpha value is -1.45. The molecule has 3 heterocycles. The maximum atomic E-state index is 11.7. The van der Waals surface area contributed by atoms with Crippen LogP contribution in [0.25, 0.3) is 11.0 Å². The third kappa shape index (κ3) is 4.48. The number of fused-ring (bicyclic) bond motifs is 1. The summed E-state index contributed by atoms with van der Waals surface area (Å²) in [6.45, 7) is -3.01. The van der Waals surface area contributed by atoms with Crippen LogP contribution >= 0.6 is 19.2 Å². The van der Waals surface area contributed by atoms with Crippen LogP contribution < -0.4 is 5.32 Å². The van der Waals surface area contributed by atoms with Crippen LogP contribution in [0, 0.1) is 0 Å². The lowest BCUT2D eigenvalue weighted by Gasteiger charge is -2.31. The van der Waals surface area contributed by atoms with Crippen molar-refractivity contribution in [3.05, 3.63) is 11.5 Å². The first kappa shape index (κ1) is 24.7. The molecule has 1 aliphatic heterocycles. The summed E-state index contributed by atoms with van der Waals surface area (Å²) in [5.41, 5.74) is 0.241. The van der Waals surface area contributed by atoms with Gasteiger partial charge < -0.3 is 45.0 Å². The molecule has 1 aliphatic carbocycles. The van der Waals surface area contributed by atoms with Crippen molar-refractivity contribution in [3.63, 3.8) is 0 Å². The van der Waals surface area contributed by atoms with Gasteiger partial charge in [-0.15, -0.1) is 0 Å². The Morgan fingerprint density at radius 2 is 1.94 bits per heavy atom. The number of aromatic nitrogens is 4. The van der Waals surface area contributed by atoms with Gasteiger partial charge in [0.25, 0.3) is 0 Å². The predicted molar refractivity (Wildman–Crippen MR) is 112 cm³/mol. The number of aliphatic hydroxyl groups is 4. The normalized spacial score (nSPS) is 26.6. The molecule has 1 saturated heterocycles. The summed E-state index contributed by atoms with van der Waals surface area (Å²) >= 11 is 6.08. The molecule has 0 amide bonds. The van der Waals surface area contributed by atoms with Crippen molar-refractivity contribution >= 4 is 36.0 Å². The second-order valence-corrected chi connectivity index (χ2v) is 10.3. The number of aliphatic hydroxyl groups excluding tert-OH is 4. The number of nitrogens with zero attached hydrogens (tertiary/aromatic N) is 4. The van der Waals surface area contributed by atoms with Gasteiger partial charge >= 0.3 is 7.60 Å². The summed E-state index contributed by atoms with van der Waals surface area (Å²) in [4.78, 5) is 27.3. The van der Waals surface area contributed by atoms with Gasteiger partial charge in [0.05, 0.1) is 31.4 Å². The average Bonchev–Trinajstić information content (AvgIpc) is 3.26. The van der Waals surface area contributed by atoms with E-state index in [4.69, 9.17) is 21.1 Å². The zero-order valence-corrected chi connectivity index (χ0v) is 18.9. The van der Waals surface area contributed by atoms with E-state index in [1.807, 2.05) is 0 Å². The molecule has 0 unspecified atom stereocenters. The molecule has 0 spiro atoms. The highest BCUT2D eigenvalue weighted by Gasteiger charge is 2.51. The van der Waals surface area contributed by atoms with Crippen LogP contribution in [0.4, 0.5) is 5.82 Å². The number of ether oxygens (including phenoxy) is 2. The molecule has 1 saturated carbocycles. The van der Waals surface area contributed by atoms with Crippen molar-refractivity contribution in [2.75, 3.05) is 25.1 Å². The third-order valence-electron chi connectivity index (χ3n) is 5.99. The summed E-state index contributed by atoms with van der Waals surface area (Å²) < 4.78 is 23.7. The van der Waals surface area contributed by atoms with E-state index < -0.39 is 57.3 Å². The minimum absolute atomic E-state index is 0.0590. The second kappa shape index (κ2) is 9.30. The van der Waals surface area contributed by atoms with Crippen LogP contribution in [0.15, 0.2) is 6.20 Å². The van der Waals surface area contributed by atoms with Crippen molar-refractivity contribution in [1.29, 1.82) is 0 Å². The Labute approximate surface area is 192 Å². The van der Waals surface area contributed by atoms with E-state index in [0.29, 0.717) is 11.2 Å². The summed E-state index contributed by atoms with van der Waals surface area (Å²) in [6, 6.07) is 0.256. The zero-order valence-electron chi connectivity index (χ0n) is 17.2. The molecule has 16 heteroatoms. The van der Waals surface area contributed by atoms with Gasteiger partial charge in [0.15, 0.2) is 11.9 Å². The van der Waals surface area contributed by atoms with E-state index in [2.05, 4.69) is 20.4 Å². The van der Waals surface area contributed by atoms with Gasteiger partial charge in [-0.05, 0) is 30.9 Å². The monoisotopic (exact) mass is 509 g/mol. The summed E-state index contributed by atoms with van der Waals surface area (Å²) in [6.07, 6.45) is -0.981. The number of anilines is 1. The zero-order chi connectivity index (χ0) is 24.0. The highest BCUT2D eigenvalue weighted by Crippen LogP contribution is 2.51. The SMILES string of the molecule is O=P(O)(O)C(CO)(CO)OC[C@H]1O[C@@H](n2ncc3c(NC4CCC4)nc(Cl)nc32)[C@H](O)[C@@H]1O. The first-order valence-electron chi connectivity index (χ1n) is 10.2. The topological polar surface area (TPSA) is 213 Å². The summed E-state index contributed by atoms with van der Waals surface area (Å²) in [5.74, 6) is 0.478. The lowest BCUT2D eigenvalue weighted by Crippen LogP contribution is -2.44. The third-order valence-corrected chi connectivity index (χ3v) is 7.63. The largest absolute Gasteiger partial charge is 0.393 e. The minimum Gasteiger partial charge on any atom is -0.393 e. The molecule has 0 aromatic carbocycles. The van der Waals surface area contributed by atoms with Gasteiger partial charge in [0.2, 0.25) is 10.6 Å². The molecule has 0 bridgehead atoms. The maximum Gasteiger partial charge on any atom is 0.361 e. The Kier molecular flexibility index (Phi) is 6.95. The Balaban J connectivity index is 1.56. The predicted octanol–water partition coefficient (Wildman–Crippen LogP) is -1.06. The van der Waals surface area contributed by atoms with Gasteiger partial charge in [0.1, 0.15) is 24.1 Å². The van der Waals surface area contributed by atoms with Crippen molar-refractivity contribution < 1.29 is 44.3 Å². The van der Waals surface area contributed by atoms with Crippen LogP contribution in [0.2, 0.25) is 5.28 Å². The molecule has 4 rings (SSSR count). The fourth-order valence-electron chi connectivity index (χ4n) is 3.66. The molecule has 7 N–H and O–H groups in total. The smallest absolute Gasteiger partial charge is 0.361 e. The molecule has 2 aromatic heterocycles. The first-order chi connectivity index (χ1) is 15.6. The van der Waals surface area contributed by atoms with E-state index in [1.54, 1.807) is 0 Å². The Bertz CT molecular complexity index is 1040. The number of nitrogens with one attached hydrogen (secondary N) is 1. The van der Waals surface area contributed by atoms with Gasteiger partial charge in [-0.1, -0.05) is 0 Å². The number of rotatable bonds is 9. The van der Waals surface area contributed by atoms with Gasteiger partial charge in [0, 0.05) is 6.04 Å². The molecule has 2 aliphatic rings. The highest BCUT2D eigenvalue weighted by molar-refractivity contribution is 7.53. The van der Waals surface area contributed by atoms with Gasteiger partial charge in [-0.2, -0.15) is 15.1 Å². The molecule has 2 aromatic rings. The van der Waals surface area contributed by atoms with Crippen molar-refractivity contribution in [2.24, 2.45) is 0 Å². The van der Waals surface area contributed by atoms with Crippen LogP contribution in [0.1, 0.15) is 25.5 Å². The average molecular weight is 510 g/mol. The van der Waals surface area contributed by atoms with E-state index in [0.717, 1.165) is 19.3 Å². The number of hydrogen-bond acceptors (Lipinski definition) is 11. The molecule has 33 heavy (non-hydrogen) atoms. The Morgan fingerprint density at radius 3 is 2.52 bits per heavy atom. The van der Waals surface area contributed by atoms with Crippen LogP contribution in [0.3, 0.4) is 0 Å². The molecular weight excluding hydrogens is 485 g/mol. The van der Waals surface area contributed by atoms with Crippen molar-refractivity contribution in [3.8, 4) is 0 Å². The molecular formula is C17H25ClN5O9P. The molecule has 4 atom stereocenters. The van der Waals surface area contributed by atoms with E-state index in [9.17, 15) is 34.8 Å². The number of hydrogen-bond donors (Lipinski definition) is 7. The first-order valence-corrected chi connectivity index (χ1v) is 12.2. The van der Waals surface area contributed by atoms with Crippen LogP contribution in [-0.2, 0) is 14.0 Å². The quantitative estimate of drug-likeness (QED) is 0.159. The molecule has 14 nitrogen and oxygen atoms in total. The molecule has 2 fully saturated rings. The summed E-state index contributed by atoms with van der Waals surface area (Å²) in [5, 5.41) is 45.1. The van der Waals surface area contributed by atoms with Gasteiger partial charge in [-0.25, -0.2) is 4.68 Å². The van der Waals surface area contributed by atoms with Gasteiger partial charge in [-0.3, -0.25) is 4.57 Å². The van der Waals surface area contributed by atoms with Crippen LogP contribution in [0.5, 0.6) is 0 Å². The summed E-state index contributed by atoms with van der Waals surface area (Å²) in [7, 11) is -5.09. The fraction of sp³-hybridized carbons (Fsp3) is 0.706. The van der Waals surface area contributed by atoms with E-state index in [1.165, 1.54) is 10.9 Å². The highest BCUT2D eigenvalue weighted by atomic mass is 35.5. The van der Waals surface area contributed by atoms with Crippen LogP contribution in [-0.4, -0.2) is 99.5 Å². The van der Waals surface area contributed by atoms with E-state index in [-0.39, 0.29) is 17.0 Å². The lowest BCUT2D eigenvalue weighted by molar-refractivity contribution is -0.121. The van der Waals surface area contributed by atoms with Crippen molar-refractivity contribution in [2.45, 2.75) is 55.2 Å².